The third kappa shape index (κ3) is 4.65. The lowest BCUT2D eigenvalue weighted by Crippen LogP contribution is -2.47. The molecule has 0 radical (unpaired) electrons. The van der Waals surface area contributed by atoms with E-state index in [1.807, 2.05) is 37.9 Å². The number of likely N-dealkylation sites (tertiary alicyclic amines) is 1. The van der Waals surface area contributed by atoms with Crippen LogP contribution in [0.15, 0.2) is 36.5 Å². The van der Waals surface area contributed by atoms with E-state index in [1.54, 1.807) is 0 Å². The molecule has 2 heterocycles. The van der Waals surface area contributed by atoms with Crippen LogP contribution in [0.4, 0.5) is 4.79 Å². The van der Waals surface area contributed by atoms with Crippen molar-refractivity contribution >= 4 is 6.03 Å². The second kappa shape index (κ2) is 7.52. The molecule has 1 aliphatic heterocycles. The van der Waals surface area contributed by atoms with Crippen molar-refractivity contribution in [1.29, 1.82) is 0 Å². The van der Waals surface area contributed by atoms with Gasteiger partial charge in [-0.25, -0.2) is 9.78 Å². The maximum atomic E-state index is 12.4. The van der Waals surface area contributed by atoms with Crippen LogP contribution >= 0.6 is 0 Å². The van der Waals surface area contributed by atoms with Crippen molar-refractivity contribution in [2.45, 2.75) is 52.6 Å². The summed E-state index contributed by atoms with van der Waals surface area (Å²) in [6, 6.07) is 10.5. The minimum atomic E-state index is -0.196. The maximum Gasteiger partial charge on any atom is 0.317 e. The highest BCUT2D eigenvalue weighted by Gasteiger charge is 2.29. The summed E-state index contributed by atoms with van der Waals surface area (Å²) in [5, 5.41) is 3.06. The molecule has 5 heteroatoms. The predicted octanol–water partition coefficient (Wildman–Crippen LogP) is 3.61. The highest BCUT2D eigenvalue weighted by molar-refractivity contribution is 5.75. The van der Waals surface area contributed by atoms with Crippen molar-refractivity contribution < 1.29 is 4.79 Å². The molecule has 1 fully saturated rings. The highest BCUT2D eigenvalue weighted by atomic mass is 16.2. The third-order valence-corrected chi connectivity index (χ3v) is 4.85. The van der Waals surface area contributed by atoms with Crippen molar-refractivity contribution in [3.05, 3.63) is 53.6 Å². The number of aromatic nitrogens is 2. The second-order valence-corrected chi connectivity index (χ2v) is 8.37. The molecule has 1 aromatic carbocycles. The molecular weight excluding hydrogens is 324 g/mol. The number of amides is 2. The van der Waals surface area contributed by atoms with Gasteiger partial charge >= 0.3 is 6.03 Å². The Bertz CT molecular complexity index is 745. The topological polar surface area (TPSA) is 50.2 Å². The first-order valence-corrected chi connectivity index (χ1v) is 9.44. The zero-order valence-electron chi connectivity index (χ0n) is 16.3. The summed E-state index contributed by atoms with van der Waals surface area (Å²) >= 11 is 0. The predicted molar refractivity (Wildman–Crippen MR) is 104 cm³/mol. The largest absolute Gasteiger partial charge is 0.333 e. The van der Waals surface area contributed by atoms with Crippen LogP contribution in [0.3, 0.4) is 0 Å². The molecule has 1 aliphatic rings. The number of benzene rings is 1. The van der Waals surface area contributed by atoms with Gasteiger partial charge in [-0.1, -0.05) is 30.3 Å². The van der Waals surface area contributed by atoms with Gasteiger partial charge in [0.25, 0.3) is 0 Å². The highest BCUT2D eigenvalue weighted by Crippen LogP contribution is 2.22. The first kappa shape index (κ1) is 18.5. The molecule has 0 saturated carbocycles. The van der Waals surface area contributed by atoms with Crippen molar-refractivity contribution in [3.8, 4) is 0 Å². The number of nitrogens with zero attached hydrogens (tertiary/aromatic N) is 3. The number of hydrogen-bond acceptors (Lipinski definition) is 2. The molecule has 2 aromatic rings. The van der Waals surface area contributed by atoms with Crippen LogP contribution in [0.1, 0.15) is 44.3 Å². The quantitative estimate of drug-likeness (QED) is 0.912. The Kier molecular flexibility index (Phi) is 5.35. The number of rotatable bonds is 4. The van der Waals surface area contributed by atoms with E-state index in [2.05, 4.69) is 46.1 Å². The summed E-state index contributed by atoms with van der Waals surface area (Å²) in [5.74, 6) is 1.59. The number of urea groups is 1. The standard InChI is InChI=1S/C21H30N4O/c1-16-13-22-19(25(16)15-17-8-6-5-7-9-17)12-18-10-11-24(14-18)20(26)23-21(2,3)4/h5-9,13,18H,10-12,14-15H2,1-4H3,(H,23,26). The van der Waals surface area contributed by atoms with E-state index >= 15 is 0 Å². The second-order valence-electron chi connectivity index (χ2n) is 8.37. The minimum Gasteiger partial charge on any atom is -0.333 e. The van der Waals surface area contributed by atoms with E-state index in [0.29, 0.717) is 5.92 Å². The molecule has 26 heavy (non-hydrogen) atoms. The lowest BCUT2D eigenvalue weighted by atomic mass is 10.0. The molecule has 1 unspecified atom stereocenters. The molecule has 2 amide bonds. The van der Waals surface area contributed by atoms with Gasteiger partial charge < -0.3 is 14.8 Å². The first-order chi connectivity index (χ1) is 12.3. The normalized spacial score (nSPS) is 17.5. The molecule has 1 N–H and O–H groups in total. The number of imidazole rings is 1. The zero-order chi connectivity index (χ0) is 18.7. The van der Waals surface area contributed by atoms with Gasteiger partial charge in [0.15, 0.2) is 0 Å². The SMILES string of the molecule is Cc1cnc(CC2CCN(C(=O)NC(C)(C)C)C2)n1Cc1ccccc1. The van der Waals surface area contributed by atoms with Gasteiger partial charge in [-0.05, 0) is 45.6 Å². The van der Waals surface area contributed by atoms with E-state index < -0.39 is 0 Å². The van der Waals surface area contributed by atoms with Gasteiger partial charge in [0, 0.05) is 43.5 Å². The Hall–Kier alpha value is -2.30. The van der Waals surface area contributed by atoms with E-state index in [-0.39, 0.29) is 11.6 Å². The summed E-state index contributed by atoms with van der Waals surface area (Å²) in [5.41, 5.74) is 2.27. The van der Waals surface area contributed by atoms with Crippen LogP contribution in [0, 0.1) is 12.8 Å². The number of nitrogens with one attached hydrogen (secondary N) is 1. The summed E-state index contributed by atoms with van der Waals surface area (Å²) in [7, 11) is 0. The maximum absolute atomic E-state index is 12.4. The van der Waals surface area contributed by atoms with E-state index in [4.69, 9.17) is 0 Å². The van der Waals surface area contributed by atoms with Gasteiger partial charge in [0.05, 0.1) is 0 Å². The molecule has 1 atom stereocenters. The van der Waals surface area contributed by atoms with E-state index in [0.717, 1.165) is 38.3 Å². The fourth-order valence-corrected chi connectivity index (χ4v) is 3.50. The molecule has 3 rings (SSSR count). The average Bonchev–Trinajstić information content (AvgIpc) is 3.17. The minimum absolute atomic E-state index is 0.0452. The Balaban J connectivity index is 1.63. The van der Waals surface area contributed by atoms with Gasteiger partial charge in [-0.15, -0.1) is 0 Å². The molecule has 0 bridgehead atoms. The Morgan fingerprint density at radius 1 is 1.27 bits per heavy atom. The lowest BCUT2D eigenvalue weighted by Gasteiger charge is -2.25. The third-order valence-electron chi connectivity index (χ3n) is 4.85. The summed E-state index contributed by atoms with van der Waals surface area (Å²) in [6.07, 6.45) is 3.91. The fourth-order valence-electron chi connectivity index (χ4n) is 3.50. The van der Waals surface area contributed by atoms with Crippen LogP contribution < -0.4 is 5.32 Å². The summed E-state index contributed by atoms with van der Waals surface area (Å²) in [6.45, 7) is 10.6. The number of hydrogen-bond donors (Lipinski definition) is 1. The van der Waals surface area contributed by atoms with Crippen LogP contribution in [-0.2, 0) is 13.0 Å². The van der Waals surface area contributed by atoms with E-state index in [9.17, 15) is 4.79 Å². The molecular formula is C21H30N4O. The van der Waals surface area contributed by atoms with Gasteiger partial charge in [-0.3, -0.25) is 0 Å². The smallest absolute Gasteiger partial charge is 0.317 e. The van der Waals surface area contributed by atoms with Crippen molar-refractivity contribution in [2.24, 2.45) is 5.92 Å². The lowest BCUT2D eigenvalue weighted by molar-refractivity contribution is 0.197. The molecule has 0 spiro atoms. The summed E-state index contributed by atoms with van der Waals surface area (Å²) in [4.78, 5) is 19.0. The zero-order valence-corrected chi connectivity index (χ0v) is 16.3. The Morgan fingerprint density at radius 3 is 2.69 bits per heavy atom. The van der Waals surface area contributed by atoms with Crippen LogP contribution in [-0.4, -0.2) is 39.1 Å². The number of carbonyl (C=O) groups is 1. The van der Waals surface area contributed by atoms with Crippen LogP contribution in [0.25, 0.3) is 0 Å². The Labute approximate surface area is 156 Å². The van der Waals surface area contributed by atoms with Crippen LogP contribution in [0.2, 0.25) is 0 Å². The van der Waals surface area contributed by atoms with Crippen LogP contribution in [0.5, 0.6) is 0 Å². The first-order valence-electron chi connectivity index (χ1n) is 9.44. The van der Waals surface area contributed by atoms with Crippen molar-refractivity contribution in [3.63, 3.8) is 0 Å². The molecule has 140 valence electrons. The summed E-state index contributed by atoms with van der Waals surface area (Å²) < 4.78 is 2.30. The van der Waals surface area contributed by atoms with Gasteiger partial charge in [0.2, 0.25) is 0 Å². The fraction of sp³-hybridized carbons (Fsp3) is 0.524. The number of carbonyl (C=O) groups excluding carboxylic acids is 1. The Morgan fingerprint density at radius 2 is 2.00 bits per heavy atom. The van der Waals surface area contributed by atoms with Gasteiger partial charge in [0.1, 0.15) is 5.82 Å². The monoisotopic (exact) mass is 354 g/mol. The van der Waals surface area contributed by atoms with Crippen molar-refractivity contribution in [2.75, 3.05) is 13.1 Å². The molecule has 0 aliphatic carbocycles. The van der Waals surface area contributed by atoms with Gasteiger partial charge in [-0.2, -0.15) is 0 Å². The number of aryl methyl sites for hydroxylation is 1. The molecule has 1 aromatic heterocycles. The average molecular weight is 354 g/mol. The van der Waals surface area contributed by atoms with E-state index in [1.165, 1.54) is 11.3 Å². The van der Waals surface area contributed by atoms with Crippen molar-refractivity contribution in [1.82, 2.24) is 19.8 Å². The molecule has 5 nitrogen and oxygen atoms in total. The molecule has 1 saturated heterocycles.